The van der Waals surface area contributed by atoms with Crippen molar-refractivity contribution in [3.8, 4) is 0 Å². The summed E-state index contributed by atoms with van der Waals surface area (Å²) >= 11 is 0. The Labute approximate surface area is 140 Å². The van der Waals surface area contributed by atoms with Crippen LogP contribution in [0.4, 0.5) is 11.6 Å². The van der Waals surface area contributed by atoms with Crippen molar-refractivity contribution < 1.29 is 9.59 Å². The largest absolute Gasteiger partial charge is 0.342 e. The Kier molecular flexibility index (Phi) is 4.69. The first-order valence-electron chi connectivity index (χ1n) is 7.79. The number of carbonyl (C=O) groups is 2. The van der Waals surface area contributed by atoms with Gasteiger partial charge in [-0.3, -0.25) is 9.59 Å². The molecule has 0 bridgehead atoms. The first-order valence-corrected chi connectivity index (χ1v) is 7.79. The van der Waals surface area contributed by atoms with Gasteiger partial charge in [-0.2, -0.15) is 0 Å². The maximum absolute atomic E-state index is 12.6. The van der Waals surface area contributed by atoms with E-state index in [-0.39, 0.29) is 5.91 Å². The van der Waals surface area contributed by atoms with Crippen LogP contribution in [-0.2, 0) is 4.79 Å². The Hall–Kier alpha value is -2.96. The van der Waals surface area contributed by atoms with Gasteiger partial charge >= 0.3 is 0 Å². The number of amides is 2. The Morgan fingerprint density at radius 1 is 1.12 bits per heavy atom. The molecule has 7 nitrogen and oxygen atoms in total. The number of piperazine rings is 1. The average Bonchev–Trinajstić information content (AvgIpc) is 2.67. The van der Waals surface area contributed by atoms with Crippen LogP contribution in [0.2, 0.25) is 0 Å². The van der Waals surface area contributed by atoms with Crippen molar-refractivity contribution in [1.82, 2.24) is 19.8 Å². The molecule has 1 aromatic heterocycles. The van der Waals surface area contributed by atoms with E-state index in [1.54, 1.807) is 22.1 Å². The molecule has 24 heavy (non-hydrogen) atoms. The standard InChI is InChI=1S/C17H19N5O2/c1-20(14-5-3-2-4-6-14)17-18-8-7-15(19-17)16(24)22-11-9-21(13-23)10-12-22/h2-8,13H,9-12H2,1H3. The van der Waals surface area contributed by atoms with Gasteiger partial charge in [0.15, 0.2) is 0 Å². The van der Waals surface area contributed by atoms with Gasteiger partial charge in [-0.1, -0.05) is 18.2 Å². The Morgan fingerprint density at radius 2 is 1.83 bits per heavy atom. The van der Waals surface area contributed by atoms with Crippen LogP contribution >= 0.6 is 0 Å². The summed E-state index contributed by atoms with van der Waals surface area (Å²) in [7, 11) is 1.86. The predicted octanol–water partition coefficient (Wildman–Crippen LogP) is 1.16. The molecule has 0 saturated carbocycles. The molecule has 2 aromatic rings. The van der Waals surface area contributed by atoms with Gasteiger partial charge in [-0.15, -0.1) is 0 Å². The summed E-state index contributed by atoms with van der Waals surface area (Å²) in [6.45, 7) is 2.14. The van der Waals surface area contributed by atoms with Gasteiger partial charge in [0.1, 0.15) is 5.69 Å². The minimum absolute atomic E-state index is 0.134. The summed E-state index contributed by atoms with van der Waals surface area (Å²) < 4.78 is 0. The van der Waals surface area contributed by atoms with Gasteiger partial charge < -0.3 is 14.7 Å². The first kappa shape index (κ1) is 15.9. The van der Waals surface area contributed by atoms with Crippen molar-refractivity contribution >= 4 is 24.0 Å². The minimum atomic E-state index is -0.134. The first-order chi connectivity index (χ1) is 11.7. The third-order valence-corrected chi connectivity index (χ3v) is 4.06. The van der Waals surface area contributed by atoms with Crippen LogP contribution in [0, 0.1) is 0 Å². The Bertz CT molecular complexity index is 714. The van der Waals surface area contributed by atoms with Crippen LogP contribution in [0.5, 0.6) is 0 Å². The van der Waals surface area contributed by atoms with Crippen LogP contribution in [0.15, 0.2) is 42.6 Å². The Balaban J connectivity index is 1.75. The second-order valence-corrected chi connectivity index (χ2v) is 5.57. The molecule has 0 radical (unpaired) electrons. The molecule has 124 valence electrons. The number of nitrogens with zero attached hydrogens (tertiary/aromatic N) is 5. The van der Waals surface area contributed by atoms with Crippen molar-refractivity contribution in [2.45, 2.75) is 0 Å². The number of hydrogen-bond donors (Lipinski definition) is 0. The number of para-hydroxylation sites is 1. The lowest BCUT2D eigenvalue weighted by molar-refractivity contribution is -0.119. The van der Waals surface area contributed by atoms with E-state index >= 15 is 0 Å². The van der Waals surface area contributed by atoms with Crippen molar-refractivity contribution in [2.75, 3.05) is 38.1 Å². The molecule has 3 rings (SSSR count). The van der Waals surface area contributed by atoms with Gasteiger partial charge in [0.2, 0.25) is 12.4 Å². The monoisotopic (exact) mass is 325 g/mol. The van der Waals surface area contributed by atoms with Crippen LogP contribution < -0.4 is 4.90 Å². The van der Waals surface area contributed by atoms with E-state index in [0.717, 1.165) is 12.1 Å². The quantitative estimate of drug-likeness (QED) is 0.789. The molecule has 1 fully saturated rings. The van der Waals surface area contributed by atoms with Gasteiger partial charge in [-0.05, 0) is 18.2 Å². The van der Waals surface area contributed by atoms with Crippen LogP contribution in [0.25, 0.3) is 0 Å². The molecule has 1 aliphatic rings. The molecule has 0 unspecified atom stereocenters. The van der Waals surface area contributed by atoms with Crippen molar-refractivity contribution in [3.63, 3.8) is 0 Å². The lowest BCUT2D eigenvalue weighted by Crippen LogP contribution is -2.48. The molecule has 2 heterocycles. The van der Waals surface area contributed by atoms with E-state index < -0.39 is 0 Å². The van der Waals surface area contributed by atoms with E-state index in [2.05, 4.69) is 9.97 Å². The topological polar surface area (TPSA) is 69.6 Å². The minimum Gasteiger partial charge on any atom is -0.342 e. The summed E-state index contributed by atoms with van der Waals surface area (Å²) in [5.41, 5.74) is 1.31. The third-order valence-electron chi connectivity index (χ3n) is 4.06. The molecule has 7 heteroatoms. The molecule has 0 atom stereocenters. The summed E-state index contributed by atoms with van der Waals surface area (Å²) in [6.07, 6.45) is 2.41. The number of rotatable bonds is 4. The molecule has 0 aliphatic carbocycles. The molecule has 1 saturated heterocycles. The smallest absolute Gasteiger partial charge is 0.272 e. The molecule has 1 aromatic carbocycles. The highest BCUT2D eigenvalue weighted by molar-refractivity contribution is 5.92. The summed E-state index contributed by atoms with van der Waals surface area (Å²) in [4.78, 5) is 37.3. The number of benzene rings is 1. The Morgan fingerprint density at radius 3 is 2.50 bits per heavy atom. The summed E-state index contributed by atoms with van der Waals surface area (Å²) in [6, 6.07) is 11.3. The van der Waals surface area contributed by atoms with Gasteiger partial charge in [0, 0.05) is 45.1 Å². The molecular weight excluding hydrogens is 306 g/mol. The maximum Gasteiger partial charge on any atom is 0.272 e. The average molecular weight is 325 g/mol. The zero-order valence-electron chi connectivity index (χ0n) is 13.5. The molecule has 0 N–H and O–H groups in total. The SMILES string of the molecule is CN(c1ccccc1)c1nccc(C(=O)N2CCN(C=O)CC2)n1. The summed E-state index contributed by atoms with van der Waals surface area (Å²) in [5, 5.41) is 0. The van der Waals surface area contributed by atoms with Gasteiger partial charge in [-0.25, -0.2) is 9.97 Å². The highest BCUT2D eigenvalue weighted by Crippen LogP contribution is 2.19. The molecule has 2 amide bonds. The van der Waals surface area contributed by atoms with E-state index in [1.807, 2.05) is 42.3 Å². The zero-order valence-corrected chi connectivity index (χ0v) is 13.5. The van der Waals surface area contributed by atoms with E-state index in [9.17, 15) is 9.59 Å². The molecule has 0 spiro atoms. The lowest BCUT2D eigenvalue weighted by atomic mass is 10.3. The fourth-order valence-electron chi connectivity index (χ4n) is 2.59. The number of anilines is 2. The number of carbonyl (C=O) groups excluding carboxylic acids is 2. The summed E-state index contributed by atoms with van der Waals surface area (Å²) in [5.74, 6) is 0.337. The third kappa shape index (κ3) is 3.34. The van der Waals surface area contributed by atoms with Crippen molar-refractivity contribution in [3.05, 3.63) is 48.3 Å². The van der Waals surface area contributed by atoms with Crippen LogP contribution in [0.3, 0.4) is 0 Å². The van der Waals surface area contributed by atoms with E-state index in [1.165, 1.54) is 0 Å². The predicted molar refractivity (Wildman–Crippen MR) is 90.1 cm³/mol. The highest BCUT2D eigenvalue weighted by Gasteiger charge is 2.23. The van der Waals surface area contributed by atoms with Crippen molar-refractivity contribution in [2.24, 2.45) is 0 Å². The van der Waals surface area contributed by atoms with Crippen LogP contribution in [0.1, 0.15) is 10.5 Å². The normalized spacial score (nSPS) is 14.4. The highest BCUT2D eigenvalue weighted by atomic mass is 16.2. The second kappa shape index (κ2) is 7.08. The van der Waals surface area contributed by atoms with Crippen molar-refractivity contribution in [1.29, 1.82) is 0 Å². The van der Waals surface area contributed by atoms with Crippen LogP contribution in [-0.4, -0.2) is 65.3 Å². The fraction of sp³-hybridized carbons (Fsp3) is 0.294. The fourth-order valence-corrected chi connectivity index (χ4v) is 2.59. The van der Waals surface area contributed by atoms with E-state index in [4.69, 9.17) is 0 Å². The van der Waals surface area contributed by atoms with Gasteiger partial charge in [0.05, 0.1) is 0 Å². The maximum atomic E-state index is 12.6. The second-order valence-electron chi connectivity index (χ2n) is 5.57. The zero-order chi connectivity index (χ0) is 16.9. The van der Waals surface area contributed by atoms with Gasteiger partial charge in [0.25, 0.3) is 5.91 Å². The number of hydrogen-bond acceptors (Lipinski definition) is 5. The lowest BCUT2D eigenvalue weighted by Gasteiger charge is -2.32. The molecule has 1 aliphatic heterocycles. The molecular formula is C17H19N5O2. The van der Waals surface area contributed by atoms with E-state index in [0.29, 0.717) is 37.8 Å². The number of aromatic nitrogens is 2.